The fourth-order valence-electron chi connectivity index (χ4n) is 2.81. The SMILES string of the molecule is N#Cc1ccc(NC(=O)C2CSCN2C(=O)/C=C/c2cccc(C(F)(F)F)c2)cc1. The molecule has 0 saturated carbocycles. The van der Waals surface area contributed by atoms with Crippen molar-refractivity contribution in [1.29, 1.82) is 5.26 Å². The molecule has 0 bridgehead atoms. The van der Waals surface area contributed by atoms with Gasteiger partial charge < -0.3 is 10.2 Å². The summed E-state index contributed by atoms with van der Waals surface area (Å²) in [4.78, 5) is 26.5. The van der Waals surface area contributed by atoms with Crippen molar-refractivity contribution in [1.82, 2.24) is 4.90 Å². The summed E-state index contributed by atoms with van der Waals surface area (Å²) in [6, 6.07) is 12.3. The first-order valence-electron chi connectivity index (χ1n) is 8.82. The van der Waals surface area contributed by atoms with Gasteiger partial charge in [0.15, 0.2) is 0 Å². The van der Waals surface area contributed by atoms with E-state index in [0.29, 0.717) is 22.9 Å². The molecule has 30 heavy (non-hydrogen) atoms. The van der Waals surface area contributed by atoms with E-state index in [1.807, 2.05) is 6.07 Å². The van der Waals surface area contributed by atoms with Crippen molar-refractivity contribution in [2.24, 2.45) is 0 Å². The molecule has 9 heteroatoms. The number of amides is 2. The number of nitrogens with one attached hydrogen (secondary N) is 1. The Bertz CT molecular complexity index is 1010. The van der Waals surface area contributed by atoms with Gasteiger partial charge in [0, 0.05) is 17.5 Å². The van der Waals surface area contributed by atoms with Crippen LogP contribution in [0, 0.1) is 11.3 Å². The summed E-state index contributed by atoms with van der Waals surface area (Å²) in [6.45, 7) is 0. The van der Waals surface area contributed by atoms with Crippen molar-refractivity contribution < 1.29 is 22.8 Å². The topological polar surface area (TPSA) is 73.2 Å². The zero-order chi connectivity index (χ0) is 21.7. The normalized spacial score (nSPS) is 16.5. The van der Waals surface area contributed by atoms with Crippen molar-refractivity contribution in [3.05, 3.63) is 71.3 Å². The Morgan fingerprint density at radius 3 is 2.60 bits per heavy atom. The zero-order valence-electron chi connectivity index (χ0n) is 15.5. The molecule has 1 saturated heterocycles. The number of thioether (sulfide) groups is 1. The van der Waals surface area contributed by atoms with Gasteiger partial charge in [-0.05, 0) is 48.0 Å². The second kappa shape index (κ2) is 9.05. The molecule has 2 amide bonds. The first kappa shape index (κ1) is 21.5. The molecule has 3 rings (SSSR count). The minimum atomic E-state index is -4.46. The molecule has 1 N–H and O–H groups in total. The van der Waals surface area contributed by atoms with E-state index in [2.05, 4.69) is 5.32 Å². The highest BCUT2D eigenvalue weighted by molar-refractivity contribution is 7.99. The van der Waals surface area contributed by atoms with Crippen LogP contribution in [0.1, 0.15) is 16.7 Å². The first-order chi connectivity index (χ1) is 14.3. The van der Waals surface area contributed by atoms with Gasteiger partial charge in [-0.2, -0.15) is 18.4 Å². The van der Waals surface area contributed by atoms with Gasteiger partial charge in [-0.3, -0.25) is 9.59 Å². The molecule has 2 aromatic carbocycles. The molecular weight excluding hydrogens is 415 g/mol. The average Bonchev–Trinajstić information content (AvgIpc) is 3.22. The maximum atomic E-state index is 12.8. The maximum absolute atomic E-state index is 12.8. The fraction of sp³-hybridized carbons (Fsp3) is 0.190. The molecular formula is C21H16F3N3O2S. The molecule has 1 heterocycles. The van der Waals surface area contributed by atoms with Crippen LogP contribution in [-0.4, -0.2) is 34.4 Å². The lowest BCUT2D eigenvalue weighted by molar-refractivity contribution is -0.137. The summed E-state index contributed by atoms with van der Waals surface area (Å²) in [5.41, 5.74) is 0.404. The Morgan fingerprint density at radius 2 is 1.93 bits per heavy atom. The number of hydrogen-bond donors (Lipinski definition) is 1. The minimum absolute atomic E-state index is 0.239. The molecule has 2 aromatic rings. The molecule has 0 aromatic heterocycles. The monoisotopic (exact) mass is 431 g/mol. The first-order valence-corrected chi connectivity index (χ1v) is 9.98. The summed E-state index contributed by atoms with van der Waals surface area (Å²) in [6.07, 6.45) is -1.99. The number of anilines is 1. The second-order valence-corrected chi connectivity index (χ2v) is 7.46. The molecule has 1 aliphatic heterocycles. The molecule has 0 radical (unpaired) electrons. The molecule has 1 unspecified atom stereocenters. The van der Waals surface area contributed by atoms with Crippen LogP contribution in [0.2, 0.25) is 0 Å². The van der Waals surface area contributed by atoms with Crippen LogP contribution < -0.4 is 5.32 Å². The lowest BCUT2D eigenvalue weighted by atomic mass is 10.1. The summed E-state index contributed by atoms with van der Waals surface area (Å²) >= 11 is 1.41. The summed E-state index contributed by atoms with van der Waals surface area (Å²) in [5, 5.41) is 11.5. The highest BCUT2D eigenvalue weighted by atomic mass is 32.2. The molecule has 5 nitrogen and oxygen atoms in total. The van der Waals surface area contributed by atoms with Gasteiger partial charge in [-0.15, -0.1) is 11.8 Å². The van der Waals surface area contributed by atoms with Gasteiger partial charge in [-0.1, -0.05) is 12.1 Å². The van der Waals surface area contributed by atoms with E-state index in [1.54, 1.807) is 24.3 Å². The maximum Gasteiger partial charge on any atom is 0.416 e. The molecule has 1 atom stereocenters. The zero-order valence-corrected chi connectivity index (χ0v) is 16.3. The third kappa shape index (κ3) is 5.21. The number of benzene rings is 2. The summed E-state index contributed by atoms with van der Waals surface area (Å²) in [5.74, 6) is -0.120. The predicted octanol–water partition coefficient (Wildman–Crippen LogP) is 4.13. The van der Waals surface area contributed by atoms with Gasteiger partial charge in [0.1, 0.15) is 6.04 Å². The third-order valence-corrected chi connectivity index (χ3v) is 5.39. The van der Waals surface area contributed by atoms with Crippen LogP contribution in [0.5, 0.6) is 0 Å². The largest absolute Gasteiger partial charge is 0.416 e. The van der Waals surface area contributed by atoms with E-state index in [-0.39, 0.29) is 11.5 Å². The number of hydrogen-bond acceptors (Lipinski definition) is 4. The van der Waals surface area contributed by atoms with Crippen LogP contribution in [0.25, 0.3) is 6.08 Å². The van der Waals surface area contributed by atoms with Gasteiger partial charge in [0.05, 0.1) is 23.1 Å². The second-order valence-electron chi connectivity index (χ2n) is 6.46. The number of rotatable bonds is 4. The van der Waals surface area contributed by atoms with E-state index in [0.717, 1.165) is 12.1 Å². The number of carbonyl (C=O) groups is 2. The van der Waals surface area contributed by atoms with Crippen molar-refractivity contribution in [2.75, 3.05) is 16.9 Å². The van der Waals surface area contributed by atoms with Crippen molar-refractivity contribution >= 4 is 35.3 Å². The van der Waals surface area contributed by atoms with E-state index in [4.69, 9.17) is 5.26 Å². The Morgan fingerprint density at radius 1 is 1.20 bits per heavy atom. The van der Waals surface area contributed by atoms with E-state index in [9.17, 15) is 22.8 Å². The molecule has 0 spiro atoms. The fourth-order valence-corrected chi connectivity index (χ4v) is 3.98. The molecule has 1 aliphatic rings. The van der Waals surface area contributed by atoms with Gasteiger partial charge in [0.25, 0.3) is 0 Å². The van der Waals surface area contributed by atoms with Crippen LogP contribution >= 0.6 is 11.8 Å². The van der Waals surface area contributed by atoms with Crippen LogP contribution in [0.3, 0.4) is 0 Å². The number of nitrogens with zero attached hydrogens (tertiary/aromatic N) is 2. The Hall–Kier alpha value is -3.25. The quantitative estimate of drug-likeness (QED) is 0.739. The molecule has 1 fully saturated rings. The minimum Gasteiger partial charge on any atom is -0.324 e. The van der Waals surface area contributed by atoms with Gasteiger partial charge in [0.2, 0.25) is 11.8 Å². The van der Waals surface area contributed by atoms with Crippen molar-refractivity contribution in [3.63, 3.8) is 0 Å². The lowest BCUT2D eigenvalue weighted by Gasteiger charge is -2.21. The highest BCUT2D eigenvalue weighted by Crippen LogP contribution is 2.30. The number of alkyl halides is 3. The predicted molar refractivity (Wildman–Crippen MR) is 108 cm³/mol. The Labute approximate surface area is 175 Å². The van der Waals surface area contributed by atoms with Crippen molar-refractivity contribution in [2.45, 2.75) is 12.2 Å². The molecule has 0 aliphatic carbocycles. The van der Waals surface area contributed by atoms with E-state index in [1.165, 1.54) is 40.9 Å². The Balaban J connectivity index is 1.67. The molecule has 154 valence electrons. The van der Waals surface area contributed by atoms with Gasteiger partial charge >= 0.3 is 6.18 Å². The third-order valence-electron chi connectivity index (χ3n) is 4.38. The van der Waals surface area contributed by atoms with E-state index < -0.39 is 23.7 Å². The number of nitriles is 1. The average molecular weight is 431 g/mol. The highest BCUT2D eigenvalue weighted by Gasteiger charge is 2.34. The van der Waals surface area contributed by atoms with Crippen LogP contribution in [-0.2, 0) is 15.8 Å². The van der Waals surface area contributed by atoms with E-state index >= 15 is 0 Å². The Kier molecular flexibility index (Phi) is 6.47. The lowest BCUT2D eigenvalue weighted by Crippen LogP contribution is -2.43. The smallest absolute Gasteiger partial charge is 0.324 e. The van der Waals surface area contributed by atoms with Crippen molar-refractivity contribution in [3.8, 4) is 6.07 Å². The number of halogens is 3. The standard InChI is InChI=1S/C21H16F3N3O2S/c22-21(23,24)16-3-1-2-14(10-16)6-9-19(28)27-13-30-12-18(27)20(29)26-17-7-4-15(11-25)5-8-17/h1-10,18H,12-13H2,(H,26,29)/b9-6+. The summed E-state index contributed by atoms with van der Waals surface area (Å²) in [7, 11) is 0. The summed E-state index contributed by atoms with van der Waals surface area (Å²) < 4.78 is 38.4. The number of carbonyl (C=O) groups excluding carboxylic acids is 2. The van der Waals surface area contributed by atoms with Crippen LogP contribution in [0.4, 0.5) is 18.9 Å². The van der Waals surface area contributed by atoms with Crippen LogP contribution in [0.15, 0.2) is 54.6 Å². The van der Waals surface area contributed by atoms with Gasteiger partial charge in [-0.25, -0.2) is 0 Å².